The van der Waals surface area contributed by atoms with Crippen molar-refractivity contribution in [2.24, 2.45) is 0 Å². The van der Waals surface area contributed by atoms with Crippen molar-refractivity contribution in [3.05, 3.63) is 24.0 Å². The summed E-state index contributed by atoms with van der Waals surface area (Å²) in [7, 11) is 0. The van der Waals surface area contributed by atoms with Gasteiger partial charge in [-0.15, -0.1) is 0 Å². The largest absolute Gasteiger partial charge is 0.385 e. The van der Waals surface area contributed by atoms with Gasteiger partial charge in [0.15, 0.2) is 0 Å². The van der Waals surface area contributed by atoms with E-state index in [-0.39, 0.29) is 11.4 Å². The number of nitrogens with one attached hydrogen (secondary N) is 2. The molecule has 0 aliphatic rings. The van der Waals surface area contributed by atoms with Crippen LogP contribution in [0.4, 0.5) is 5.69 Å². The molecular weight excluding hydrogens is 238 g/mol. The van der Waals surface area contributed by atoms with Crippen molar-refractivity contribution in [2.45, 2.75) is 52.5 Å². The molecule has 4 nitrogen and oxygen atoms in total. The molecule has 0 aromatic carbocycles. The highest BCUT2D eigenvalue weighted by Gasteiger charge is 2.16. The van der Waals surface area contributed by atoms with Crippen LogP contribution < -0.4 is 10.6 Å². The fourth-order valence-corrected chi connectivity index (χ4v) is 1.68. The molecule has 0 saturated heterocycles. The van der Waals surface area contributed by atoms with Crippen molar-refractivity contribution < 1.29 is 4.79 Å². The SMILES string of the molecule is CCCCCNc1ccnc(C(=O)NC(C)(C)C)c1. The highest BCUT2D eigenvalue weighted by Crippen LogP contribution is 2.10. The normalized spacial score (nSPS) is 11.2. The second-order valence-corrected chi connectivity index (χ2v) is 5.77. The lowest BCUT2D eigenvalue weighted by molar-refractivity contribution is 0.0914. The standard InChI is InChI=1S/C15H25N3O/c1-5-6-7-9-16-12-8-10-17-13(11-12)14(19)18-15(2,3)4/h8,10-11H,5-7,9H2,1-4H3,(H,16,17)(H,18,19). The van der Waals surface area contributed by atoms with E-state index in [2.05, 4.69) is 22.5 Å². The summed E-state index contributed by atoms with van der Waals surface area (Å²) in [5.41, 5.74) is 1.16. The summed E-state index contributed by atoms with van der Waals surface area (Å²) in [5, 5.41) is 6.23. The highest BCUT2D eigenvalue weighted by atomic mass is 16.2. The van der Waals surface area contributed by atoms with Crippen LogP contribution in [-0.2, 0) is 0 Å². The maximum Gasteiger partial charge on any atom is 0.270 e. The molecule has 0 saturated carbocycles. The average Bonchev–Trinajstić information content (AvgIpc) is 2.33. The van der Waals surface area contributed by atoms with E-state index in [1.165, 1.54) is 12.8 Å². The molecule has 0 aliphatic heterocycles. The maximum atomic E-state index is 12.0. The van der Waals surface area contributed by atoms with Crippen LogP contribution in [0.5, 0.6) is 0 Å². The van der Waals surface area contributed by atoms with E-state index in [1.54, 1.807) is 12.3 Å². The Morgan fingerprint density at radius 1 is 1.32 bits per heavy atom. The van der Waals surface area contributed by atoms with Gasteiger partial charge in [0.05, 0.1) is 0 Å². The molecule has 106 valence electrons. The number of rotatable bonds is 6. The highest BCUT2D eigenvalue weighted by molar-refractivity contribution is 5.93. The Hall–Kier alpha value is -1.58. The van der Waals surface area contributed by atoms with Gasteiger partial charge in [0.25, 0.3) is 5.91 Å². The average molecular weight is 263 g/mol. The summed E-state index contributed by atoms with van der Waals surface area (Å²) in [5.74, 6) is -0.135. The number of pyridine rings is 1. The van der Waals surface area contributed by atoms with Crippen molar-refractivity contribution in [3.63, 3.8) is 0 Å². The molecule has 1 heterocycles. The Labute approximate surface area is 116 Å². The number of carbonyl (C=O) groups is 1. The van der Waals surface area contributed by atoms with E-state index in [1.807, 2.05) is 26.8 Å². The van der Waals surface area contributed by atoms with Crippen molar-refractivity contribution in [3.8, 4) is 0 Å². The molecule has 1 rings (SSSR count). The van der Waals surface area contributed by atoms with Gasteiger partial charge in [0, 0.05) is 24.0 Å². The molecule has 1 amide bonds. The predicted molar refractivity (Wildman–Crippen MR) is 79.5 cm³/mol. The Balaban J connectivity index is 2.58. The lowest BCUT2D eigenvalue weighted by Gasteiger charge is -2.20. The van der Waals surface area contributed by atoms with Crippen LogP contribution in [0.3, 0.4) is 0 Å². The summed E-state index contributed by atoms with van der Waals surface area (Å²) >= 11 is 0. The Morgan fingerprint density at radius 3 is 2.68 bits per heavy atom. The van der Waals surface area contributed by atoms with Gasteiger partial charge in [-0.25, -0.2) is 0 Å². The van der Waals surface area contributed by atoms with Gasteiger partial charge >= 0.3 is 0 Å². The molecule has 19 heavy (non-hydrogen) atoms. The molecule has 0 bridgehead atoms. The third-order valence-corrected chi connectivity index (χ3v) is 2.59. The predicted octanol–water partition coefficient (Wildman–Crippen LogP) is 3.21. The van der Waals surface area contributed by atoms with Gasteiger partial charge in [0.2, 0.25) is 0 Å². The number of carbonyl (C=O) groups excluding carboxylic acids is 1. The Kier molecular flexibility index (Phi) is 5.80. The lowest BCUT2D eigenvalue weighted by atomic mass is 10.1. The molecule has 0 unspecified atom stereocenters. The zero-order valence-electron chi connectivity index (χ0n) is 12.4. The number of hydrogen-bond donors (Lipinski definition) is 2. The van der Waals surface area contributed by atoms with Crippen LogP contribution in [0, 0.1) is 0 Å². The van der Waals surface area contributed by atoms with E-state index in [9.17, 15) is 4.79 Å². The molecule has 2 N–H and O–H groups in total. The minimum absolute atomic E-state index is 0.135. The molecule has 0 spiro atoms. The monoisotopic (exact) mass is 263 g/mol. The van der Waals surface area contributed by atoms with Crippen molar-refractivity contribution in [2.75, 3.05) is 11.9 Å². The van der Waals surface area contributed by atoms with Crippen LogP contribution in [0.15, 0.2) is 18.3 Å². The van der Waals surface area contributed by atoms with Crippen molar-refractivity contribution in [1.29, 1.82) is 0 Å². The van der Waals surface area contributed by atoms with Crippen LogP contribution in [-0.4, -0.2) is 23.0 Å². The van der Waals surface area contributed by atoms with E-state index in [0.717, 1.165) is 18.7 Å². The first-order valence-electron chi connectivity index (χ1n) is 6.95. The molecule has 1 aromatic heterocycles. The molecule has 1 aromatic rings. The third-order valence-electron chi connectivity index (χ3n) is 2.59. The van der Waals surface area contributed by atoms with E-state index >= 15 is 0 Å². The Bertz CT molecular complexity index is 410. The minimum atomic E-state index is -0.247. The van der Waals surface area contributed by atoms with Crippen molar-refractivity contribution >= 4 is 11.6 Å². The molecule has 4 heteroatoms. The number of amides is 1. The minimum Gasteiger partial charge on any atom is -0.385 e. The fourth-order valence-electron chi connectivity index (χ4n) is 1.68. The Morgan fingerprint density at radius 2 is 2.05 bits per heavy atom. The first-order chi connectivity index (χ1) is 8.92. The van der Waals surface area contributed by atoms with Crippen LogP contribution in [0.2, 0.25) is 0 Å². The number of aromatic nitrogens is 1. The first kappa shape index (κ1) is 15.5. The van der Waals surface area contributed by atoms with Crippen LogP contribution in [0.25, 0.3) is 0 Å². The zero-order chi connectivity index (χ0) is 14.3. The molecule has 0 fully saturated rings. The lowest BCUT2D eigenvalue weighted by Crippen LogP contribution is -2.40. The zero-order valence-corrected chi connectivity index (χ0v) is 12.4. The van der Waals surface area contributed by atoms with Crippen LogP contribution in [0.1, 0.15) is 57.4 Å². The van der Waals surface area contributed by atoms with Gasteiger partial charge in [-0.05, 0) is 39.3 Å². The summed E-state index contributed by atoms with van der Waals surface area (Å²) in [4.78, 5) is 16.1. The topological polar surface area (TPSA) is 54.0 Å². The summed E-state index contributed by atoms with van der Waals surface area (Å²) in [6.45, 7) is 8.98. The number of hydrogen-bond acceptors (Lipinski definition) is 3. The fraction of sp³-hybridized carbons (Fsp3) is 0.600. The van der Waals surface area contributed by atoms with Crippen molar-refractivity contribution in [1.82, 2.24) is 10.3 Å². The summed E-state index contributed by atoms with van der Waals surface area (Å²) in [6.07, 6.45) is 5.23. The first-order valence-corrected chi connectivity index (χ1v) is 6.95. The van der Waals surface area contributed by atoms with Gasteiger partial charge in [-0.1, -0.05) is 19.8 Å². The van der Waals surface area contributed by atoms with E-state index in [4.69, 9.17) is 0 Å². The summed E-state index contributed by atoms with van der Waals surface area (Å²) < 4.78 is 0. The molecule has 0 radical (unpaired) electrons. The number of nitrogens with zero attached hydrogens (tertiary/aromatic N) is 1. The quantitative estimate of drug-likeness (QED) is 0.775. The third kappa shape index (κ3) is 6.22. The maximum absolute atomic E-state index is 12.0. The number of anilines is 1. The summed E-state index contributed by atoms with van der Waals surface area (Å²) in [6, 6.07) is 3.69. The molecule has 0 atom stereocenters. The smallest absolute Gasteiger partial charge is 0.270 e. The van der Waals surface area contributed by atoms with Gasteiger partial charge < -0.3 is 10.6 Å². The van der Waals surface area contributed by atoms with Gasteiger partial charge in [-0.3, -0.25) is 9.78 Å². The van der Waals surface area contributed by atoms with Crippen LogP contribution >= 0.6 is 0 Å². The van der Waals surface area contributed by atoms with Gasteiger partial charge in [-0.2, -0.15) is 0 Å². The van der Waals surface area contributed by atoms with E-state index < -0.39 is 0 Å². The van der Waals surface area contributed by atoms with Gasteiger partial charge in [0.1, 0.15) is 5.69 Å². The van der Waals surface area contributed by atoms with E-state index in [0.29, 0.717) is 5.69 Å². The second kappa shape index (κ2) is 7.12. The second-order valence-electron chi connectivity index (χ2n) is 5.77. The number of unbranched alkanes of at least 4 members (excludes halogenated alkanes) is 2. The molecular formula is C15H25N3O. The molecule has 0 aliphatic carbocycles.